The van der Waals surface area contributed by atoms with Crippen LogP contribution < -0.4 is 0 Å². The van der Waals surface area contributed by atoms with E-state index in [4.69, 9.17) is 10.4 Å². The summed E-state index contributed by atoms with van der Waals surface area (Å²) in [4.78, 5) is 0. The Morgan fingerprint density at radius 1 is 1.47 bits per heavy atom. The molecule has 0 aliphatic heterocycles. The zero-order valence-electron chi connectivity index (χ0n) is 8.83. The largest absolute Gasteiger partial charge is 0.395 e. The van der Waals surface area contributed by atoms with Gasteiger partial charge in [0.25, 0.3) is 0 Å². The third-order valence-corrected chi connectivity index (χ3v) is 2.86. The molecule has 1 aliphatic carbocycles. The molecule has 0 bridgehead atoms. The summed E-state index contributed by atoms with van der Waals surface area (Å²) in [5.41, 5.74) is 2.94. The van der Waals surface area contributed by atoms with Crippen molar-refractivity contribution in [3.63, 3.8) is 0 Å². The number of benzene rings is 1. The van der Waals surface area contributed by atoms with Gasteiger partial charge in [-0.1, -0.05) is 13.0 Å². The molecule has 2 heteroatoms. The van der Waals surface area contributed by atoms with Gasteiger partial charge < -0.3 is 5.11 Å². The summed E-state index contributed by atoms with van der Waals surface area (Å²) in [6, 6.07) is 8.08. The molecule has 0 amide bonds. The molecule has 1 radical (unpaired) electrons. The molecule has 0 saturated heterocycles. The monoisotopic (exact) mass is 200 g/mol. The summed E-state index contributed by atoms with van der Waals surface area (Å²) in [6.45, 7) is 1.95. The molecular formula is C13H14NO. The molecule has 0 unspecified atom stereocenters. The van der Waals surface area contributed by atoms with Gasteiger partial charge in [-0.15, -0.1) is 0 Å². The normalized spacial score (nSPS) is 15.3. The lowest BCUT2D eigenvalue weighted by Gasteiger charge is -2.10. The summed E-state index contributed by atoms with van der Waals surface area (Å²) >= 11 is 0. The first-order valence-corrected chi connectivity index (χ1v) is 5.23. The molecule has 1 aromatic rings. The Balaban J connectivity index is 2.37. The van der Waals surface area contributed by atoms with Crippen LogP contribution in [0.3, 0.4) is 0 Å². The Kier molecular flexibility index (Phi) is 2.75. The minimum atomic E-state index is 0.0546. The Hall–Kier alpha value is -1.33. The van der Waals surface area contributed by atoms with E-state index in [9.17, 15) is 0 Å². The van der Waals surface area contributed by atoms with Crippen LogP contribution in [-0.2, 0) is 0 Å². The molecule has 1 fully saturated rings. The van der Waals surface area contributed by atoms with Crippen LogP contribution >= 0.6 is 0 Å². The van der Waals surface area contributed by atoms with Crippen LogP contribution in [0.2, 0.25) is 0 Å². The van der Waals surface area contributed by atoms with Gasteiger partial charge in [0.05, 0.1) is 18.2 Å². The number of hydrogen-bond acceptors (Lipinski definition) is 2. The Morgan fingerprint density at radius 3 is 2.73 bits per heavy atom. The van der Waals surface area contributed by atoms with Crippen LogP contribution in [0.1, 0.15) is 42.4 Å². The molecule has 1 saturated carbocycles. The van der Waals surface area contributed by atoms with Crippen molar-refractivity contribution in [3.05, 3.63) is 40.8 Å². The lowest BCUT2D eigenvalue weighted by molar-refractivity contribution is 0.315. The van der Waals surface area contributed by atoms with Gasteiger partial charge in [0.1, 0.15) is 0 Å². The number of nitrogens with zero attached hydrogens (tertiary/aromatic N) is 1. The van der Waals surface area contributed by atoms with Gasteiger partial charge in [0, 0.05) is 5.92 Å². The van der Waals surface area contributed by atoms with Gasteiger partial charge in [-0.05, 0) is 42.0 Å². The maximum absolute atomic E-state index is 9.08. The fourth-order valence-corrected chi connectivity index (χ4v) is 1.71. The maximum Gasteiger partial charge on any atom is 0.0991 e. The van der Waals surface area contributed by atoms with Crippen molar-refractivity contribution in [2.24, 2.45) is 0 Å². The van der Waals surface area contributed by atoms with Crippen LogP contribution in [0, 0.1) is 17.2 Å². The fraction of sp³-hybridized carbons (Fsp3) is 0.385. The maximum atomic E-state index is 9.08. The first kappa shape index (κ1) is 10.2. The number of rotatable bonds is 3. The Bertz CT molecular complexity index is 401. The summed E-state index contributed by atoms with van der Waals surface area (Å²) in [6.07, 6.45) is 2.46. The molecule has 1 aliphatic rings. The van der Waals surface area contributed by atoms with Gasteiger partial charge in [-0.2, -0.15) is 5.26 Å². The van der Waals surface area contributed by atoms with Gasteiger partial charge in [-0.3, -0.25) is 0 Å². The average Bonchev–Trinajstić information content (AvgIpc) is 3.11. The number of hydrogen-bond donors (Lipinski definition) is 1. The van der Waals surface area contributed by atoms with E-state index >= 15 is 0 Å². The zero-order chi connectivity index (χ0) is 10.8. The van der Waals surface area contributed by atoms with Crippen LogP contribution in [0.15, 0.2) is 18.2 Å². The minimum absolute atomic E-state index is 0.0546. The predicted octanol–water partition coefficient (Wildman–Crippen LogP) is 2.37. The summed E-state index contributed by atoms with van der Waals surface area (Å²) in [5, 5.41) is 18.0. The summed E-state index contributed by atoms with van der Waals surface area (Å²) in [5.74, 6) is 1.57. The van der Waals surface area contributed by atoms with Crippen molar-refractivity contribution >= 4 is 0 Å². The molecule has 77 valence electrons. The molecule has 15 heavy (non-hydrogen) atoms. The fourth-order valence-electron chi connectivity index (χ4n) is 1.71. The molecule has 0 heterocycles. The van der Waals surface area contributed by atoms with Gasteiger partial charge >= 0.3 is 0 Å². The minimum Gasteiger partial charge on any atom is -0.395 e. The first-order chi connectivity index (χ1) is 7.24. The van der Waals surface area contributed by atoms with Crippen molar-refractivity contribution in [1.82, 2.24) is 0 Å². The number of aliphatic hydroxyl groups is 1. The van der Waals surface area contributed by atoms with E-state index in [-0.39, 0.29) is 6.61 Å². The smallest absolute Gasteiger partial charge is 0.0991 e. The summed E-state index contributed by atoms with van der Waals surface area (Å²) < 4.78 is 0. The van der Waals surface area contributed by atoms with Crippen LogP contribution in [-0.4, -0.2) is 11.7 Å². The second-order valence-corrected chi connectivity index (χ2v) is 4.17. The van der Waals surface area contributed by atoms with Crippen molar-refractivity contribution in [3.8, 4) is 6.07 Å². The highest BCUT2D eigenvalue weighted by atomic mass is 16.3. The van der Waals surface area contributed by atoms with Crippen molar-refractivity contribution in [2.75, 3.05) is 6.61 Å². The third kappa shape index (κ3) is 2.19. The van der Waals surface area contributed by atoms with E-state index in [1.807, 2.05) is 19.1 Å². The van der Waals surface area contributed by atoms with Gasteiger partial charge in [0.2, 0.25) is 0 Å². The van der Waals surface area contributed by atoms with Crippen molar-refractivity contribution in [1.29, 1.82) is 5.26 Å². The quantitative estimate of drug-likeness (QED) is 0.814. The van der Waals surface area contributed by atoms with Crippen LogP contribution in [0.4, 0.5) is 0 Å². The van der Waals surface area contributed by atoms with E-state index in [1.54, 1.807) is 0 Å². The van der Waals surface area contributed by atoms with E-state index in [0.717, 1.165) is 11.5 Å². The topological polar surface area (TPSA) is 44.0 Å². The highest BCUT2D eigenvalue weighted by Gasteiger charge is 2.24. The predicted molar refractivity (Wildman–Crippen MR) is 58.2 cm³/mol. The van der Waals surface area contributed by atoms with E-state index in [2.05, 4.69) is 12.1 Å². The molecule has 0 spiro atoms. The van der Waals surface area contributed by atoms with Crippen molar-refractivity contribution < 1.29 is 5.11 Å². The Morgan fingerprint density at radius 2 is 2.20 bits per heavy atom. The van der Waals surface area contributed by atoms with Crippen LogP contribution in [0.5, 0.6) is 0 Å². The third-order valence-electron chi connectivity index (χ3n) is 2.86. The lowest BCUT2D eigenvalue weighted by atomic mass is 9.95. The van der Waals surface area contributed by atoms with E-state index in [0.29, 0.717) is 11.5 Å². The van der Waals surface area contributed by atoms with E-state index in [1.165, 1.54) is 18.4 Å². The van der Waals surface area contributed by atoms with Gasteiger partial charge in [0.15, 0.2) is 0 Å². The first-order valence-electron chi connectivity index (χ1n) is 5.23. The Labute approximate surface area is 90.2 Å². The number of aliphatic hydroxyl groups excluding tert-OH is 1. The van der Waals surface area contributed by atoms with E-state index < -0.39 is 0 Å². The second kappa shape index (κ2) is 4.04. The molecule has 0 aromatic heterocycles. The van der Waals surface area contributed by atoms with Crippen LogP contribution in [0.25, 0.3) is 0 Å². The summed E-state index contributed by atoms with van der Waals surface area (Å²) in [7, 11) is 0. The molecular weight excluding hydrogens is 186 g/mol. The molecule has 2 rings (SSSR count). The zero-order valence-corrected chi connectivity index (χ0v) is 8.83. The lowest BCUT2D eigenvalue weighted by Crippen LogP contribution is -2.01. The second-order valence-electron chi connectivity index (χ2n) is 4.17. The highest BCUT2D eigenvalue weighted by molar-refractivity contribution is 5.44. The molecule has 1 N–H and O–H groups in total. The molecule has 1 aromatic carbocycles. The van der Waals surface area contributed by atoms with Gasteiger partial charge in [-0.25, -0.2) is 0 Å². The standard InChI is InChI=1S/C13H14NO/c1-9(8-15)12-4-10(7-14)5-13(6-12)11-2-3-11/h4-6,11,15H,2-3,8H2,1H3. The molecule has 0 atom stereocenters. The average molecular weight is 200 g/mol. The molecule has 2 nitrogen and oxygen atoms in total. The highest BCUT2D eigenvalue weighted by Crippen LogP contribution is 2.41. The van der Waals surface area contributed by atoms with Crippen molar-refractivity contribution in [2.45, 2.75) is 25.7 Å². The SMILES string of the molecule is C[C](CO)c1cc(C#N)cc(C2CC2)c1. The number of nitriles is 1.